The number of primary amides is 1. The van der Waals surface area contributed by atoms with E-state index in [9.17, 15) is 4.79 Å². The summed E-state index contributed by atoms with van der Waals surface area (Å²) >= 11 is 0. The average Bonchev–Trinajstić information content (AvgIpc) is 2.29. The number of carbonyl (C=O) groups is 1. The topological polar surface area (TPSA) is 80.0 Å². The predicted molar refractivity (Wildman–Crippen MR) is 69.9 cm³/mol. The van der Waals surface area contributed by atoms with E-state index in [2.05, 4.69) is 15.6 Å². The van der Waals surface area contributed by atoms with Gasteiger partial charge in [-0.1, -0.05) is 6.07 Å². The van der Waals surface area contributed by atoms with Gasteiger partial charge in [0.15, 0.2) is 0 Å². The smallest absolute Gasteiger partial charge is 0.217 e. The third-order valence-electron chi connectivity index (χ3n) is 2.26. The van der Waals surface area contributed by atoms with Crippen molar-refractivity contribution in [3.8, 4) is 0 Å². The number of nitrogens with zero attached hydrogens (tertiary/aromatic N) is 1. The first-order valence-corrected chi connectivity index (χ1v) is 5.95. The molecule has 0 aliphatic heterocycles. The number of amides is 1. The molecule has 0 aliphatic rings. The predicted octanol–water partition coefficient (Wildman–Crippen LogP) is 1.58. The van der Waals surface area contributed by atoms with Gasteiger partial charge in [0.05, 0.1) is 0 Å². The molecule has 0 bridgehead atoms. The van der Waals surface area contributed by atoms with Gasteiger partial charge < -0.3 is 16.4 Å². The van der Waals surface area contributed by atoms with Crippen LogP contribution in [0.4, 0.5) is 11.6 Å². The maximum atomic E-state index is 10.5. The Morgan fingerprint density at radius 1 is 1.29 bits per heavy atom. The first-order chi connectivity index (χ1) is 8.22. The van der Waals surface area contributed by atoms with Crippen molar-refractivity contribution in [2.45, 2.75) is 26.2 Å². The molecule has 0 unspecified atom stereocenters. The molecule has 17 heavy (non-hydrogen) atoms. The lowest BCUT2D eigenvalue weighted by atomic mass is 10.2. The summed E-state index contributed by atoms with van der Waals surface area (Å²) in [7, 11) is 0. The van der Waals surface area contributed by atoms with E-state index in [0.29, 0.717) is 6.42 Å². The van der Waals surface area contributed by atoms with Crippen LogP contribution in [0.5, 0.6) is 0 Å². The zero-order valence-corrected chi connectivity index (χ0v) is 10.2. The van der Waals surface area contributed by atoms with Crippen LogP contribution in [0.15, 0.2) is 18.2 Å². The van der Waals surface area contributed by atoms with E-state index < -0.39 is 0 Å². The van der Waals surface area contributed by atoms with Crippen LogP contribution in [0, 0.1) is 0 Å². The van der Waals surface area contributed by atoms with E-state index in [4.69, 9.17) is 5.73 Å². The van der Waals surface area contributed by atoms with Crippen molar-refractivity contribution in [3.05, 3.63) is 18.2 Å². The number of carbonyl (C=O) groups excluding carboxylic acids is 1. The van der Waals surface area contributed by atoms with Crippen LogP contribution in [0.1, 0.15) is 26.2 Å². The van der Waals surface area contributed by atoms with E-state index in [-0.39, 0.29) is 5.91 Å². The van der Waals surface area contributed by atoms with Crippen LogP contribution in [-0.4, -0.2) is 24.0 Å². The molecular weight excluding hydrogens is 216 g/mol. The molecular formula is C12H20N4O. The van der Waals surface area contributed by atoms with Crippen molar-refractivity contribution in [1.29, 1.82) is 0 Å². The zero-order valence-electron chi connectivity index (χ0n) is 10.2. The highest BCUT2D eigenvalue weighted by Crippen LogP contribution is 2.09. The van der Waals surface area contributed by atoms with Crippen LogP contribution in [0.3, 0.4) is 0 Å². The number of unbranched alkanes of at least 4 members (excludes halogenated alkanes) is 1. The molecule has 1 rings (SSSR count). The fraction of sp³-hybridized carbons (Fsp3) is 0.500. The number of nitrogens with two attached hydrogens (primary N) is 1. The molecule has 4 N–H and O–H groups in total. The zero-order chi connectivity index (χ0) is 12.5. The number of anilines is 2. The third-order valence-corrected chi connectivity index (χ3v) is 2.26. The highest BCUT2D eigenvalue weighted by molar-refractivity contribution is 5.73. The monoisotopic (exact) mass is 236 g/mol. The van der Waals surface area contributed by atoms with E-state index in [0.717, 1.165) is 37.6 Å². The quantitative estimate of drug-likeness (QED) is 0.599. The summed E-state index contributed by atoms with van der Waals surface area (Å²) in [6.07, 6.45) is 2.18. The Hall–Kier alpha value is -1.78. The molecule has 0 aliphatic carbocycles. The first-order valence-electron chi connectivity index (χ1n) is 5.95. The summed E-state index contributed by atoms with van der Waals surface area (Å²) < 4.78 is 0. The first kappa shape index (κ1) is 13.3. The van der Waals surface area contributed by atoms with Gasteiger partial charge in [0.1, 0.15) is 11.6 Å². The SMILES string of the molecule is CCNc1cccc(NCCCCC(N)=O)n1. The van der Waals surface area contributed by atoms with Crippen molar-refractivity contribution in [1.82, 2.24) is 4.98 Å². The molecule has 1 aromatic heterocycles. The highest BCUT2D eigenvalue weighted by Gasteiger charge is 1.97. The molecule has 1 amide bonds. The van der Waals surface area contributed by atoms with Gasteiger partial charge in [0.2, 0.25) is 5.91 Å². The van der Waals surface area contributed by atoms with Gasteiger partial charge in [-0.2, -0.15) is 0 Å². The number of pyridine rings is 1. The summed E-state index contributed by atoms with van der Waals surface area (Å²) in [5.41, 5.74) is 5.06. The molecule has 5 heteroatoms. The standard InChI is InChI=1S/C12H20N4O/c1-2-14-11-7-5-8-12(16-11)15-9-4-3-6-10(13)17/h5,7-8H,2-4,6,9H2,1H3,(H2,13,17)(H2,14,15,16). The fourth-order valence-electron chi connectivity index (χ4n) is 1.45. The summed E-state index contributed by atoms with van der Waals surface area (Å²) in [5, 5.41) is 6.37. The van der Waals surface area contributed by atoms with Crippen molar-refractivity contribution < 1.29 is 4.79 Å². The Kier molecular flexibility index (Phi) is 5.85. The minimum Gasteiger partial charge on any atom is -0.370 e. The Bertz CT molecular complexity index is 354. The molecule has 0 saturated carbocycles. The lowest BCUT2D eigenvalue weighted by Gasteiger charge is -2.07. The Morgan fingerprint density at radius 3 is 2.65 bits per heavy atom. The number of aromatic nitrogens is 1. The van der Waals surface area contributed by atoms with Gasteiger partial charge >= 0.3 is 0 Å². The van der Waals surface area contributed by atoms with Gasteiger partial charge in [-0.25, -0.2) is 4.98 Å². The van der Waals surface area contributed by atoms with Crippen LogP contribution >= 0.6 is 0 Å². The number of hydrogen-bond donors (Lipinski definition) is 3. The van der Waals surface area contributed by atoms with Gasteiger partial charge in [0.25, 0.3) is 0 Å². The second kappa shape index (κ2) is 7.49. The lowest BCUT2D eigenvalue weighted by molar-refractivity contribution is -0.118. The van der Waals surface area contributed by atoms with Crippen molar-refractivity contribution in [2.24, 2.45) is 5.73 Å². The molecule has 0 fully saturated rings. The van der Waals surface area contributed by atoms with Gasteiger partial charge in [0, 0.05) is 19.5 Å². The van der Waals surface area contributed by atoms with Gasteiger partial charge in [-0.3, -0.25) is 4.79 Å². The Labute approximate surface area is 102 Å². The second-order valence-corrected chi connectivity index (χ2v) is 3.79. The molecule has 5 nitrogen and oxygen atoms in total. The molecule has 0 spiro atoms. The molecule has 94 valence electrons. The van der Waals surface area contributed by atoms with E-state index in [1.54, 1.807) is 0 Å². The number of nitrogens with one attached hydrogen (secondary N) is 2. The second-order valence-electron chi connectivity index (χ2n) is 3.79. The van der Waals surface area contributed by atoms with Crippen molar-refractivity contribution in [2.75, 3.05) is 23.7 Å². The fourth-order valence-corrected chi connectivity index (χ4v) is 1.45. The summed E-state index contributed by atoms with van der Waals surface area (Å²) in [6.45, 7) is 3.69. The Balaban J connectivity index is 2.26. The number of rotatable bonds is 8. The largest absolute Gasteiger partial charge is 0.370 e. The molecule has 1 aromatic rings. The maximum absolute atomic E-state index is 10.5. The molecule has 0 atom stereocenters. The van der Waals surface area contributed by atoms with Crippen LogP contribution in [0.25, 0.3) is 0 Å². The summed E-state index contributed by atoms with van der Waals surface area (Å²) in [4.78, 5) is 14.9. The molecule has 0 aromatic carbocycles. The summed E-state index contributed by atoms with van der Waals surface area (Å²) in [5.74, 6) is 1.48. The summed E-state index contributed by atoms with van der Waals surface area (Å²) in [6, 6.07) is 5.81. The van der Waals surface area contributed by atoms with Gasteiger partial charge in [-0.15, -0.1) is 0 Å². The average molecular weight is 236 g/mol. The van der Waals surface area contributed by atoms with Crippen molar-refractivity contribution >= 4 is 17.5 Å². The normalized spacial score (nSPS) is 9.94. The van der Waals surface area contributed by atoms with E-state index in [1.165, 1.54) is 0 Å². The van der Waals surface area contributed by atoms with Crippen LogP contribution in [0.2, 0.25) is 0 Å². The minimum absolute atomic E-state index is 0.239. The third kappa shape index (κ3) is 5.75. The van der Waals surface area contributed by atoms with E-state index in [1.807, 2.05) is 25.1 Å². The Morgan fingerprint density at radius 2 is 2.00 bits per heavy atom. The van der Waals surface area contributed by atoms with E-state index >= 15 is 0 Å². The van der Waals surface area contributed by atoms with Crippen LogP contribution in [-0.2, 0) is 4.79 Å². The molecule has 0 saturated heterocycles. The number of hydrogen-bond acceptors (Lipinski definition) is 4. The van der Waals surface area contributed by atoms with Crippen LogP contribution < -0.4 is 16.4 Å². The van der Waals surface area contributed by atoms with Crippen molar-refractivity contribution in [3.63, 3.8) is 0 Å². The maximum Gasteiger partial charge on any atom is 0.217 e. The lowest BCUT2D eigenvalue weighted by Crippen LogP contribution is -2.11. The highest BCUT2D eigenvalue weighted by atomic mass is 16.1. The minimum atomic E-state index is -0.239. The molecule has 1 heterocycles. The van der Waals surface area contributed by atoms with Gasteiger partial charge in [-0.05, 0) is 31.9 Å². The molecule has 0 radical (unpaired) electrons.